The molecule has 0 unspecified atom stereocenters. The van der Waals surface area contributed by atoms with E-state index in [0.29, 0.717) is 11.9 Å². The summed E-state index contributed by atoms with van der Waals surface area (Å²) in [4.78, 5) is 11.6. The van der Waals surface area contributed by atoms with E-state index in [2.05, 4.69) is 46.1 Å². The number of aromatic nitrogens is 2. The van der Waals surface area contributed by atoms with Gasteiger partial charge in [-0.25, -0.2) is 9.97 Å². The molecule has 124 valence electrons. The number of pyridine rings is 1. The van der Waals surface area contributed by atoms with Crippen LogP contribution in [0.1, 0.15) is 29.8 Å². The van der Waals surface area contributed by atoms with E-state index in [9.17, 15) is 0 Å². The van der Waals surface area contributed by atoms with Gasteiger partial charge in [0, 0.05) is 37.3 Å². The summed E-state index contributed by atoms with van der Waals surface area (Å²) in [7, 11) is 1.68. The fourth-order valence-corrected chi connectivity index (χ4v) is 4.08. The summed E-state index contributed by atoms with van der Waals surface area (Å²) in [6, 6.07) is 11.2. The lowest BCUT2D eigenvalue weighted by Crippen LogP contribution is -2.29. The van der Waals surface area contributed by atoms with E-state index < -0.39 is 0 Å². The van der Waals surface area contributed by atoms with Crippen LogP contribution in [-0.2, 0) is 12.8 Å². The highest BCUT2D eigenvalue weighted by Gasteiger charge is 2.21. The molecule has 2 aromatic heterocycles. The molecule has 0 bridgehead atoms. The molecule has 0 spiro atoms. The maximum atomic E-state index is 5.27. The Bertz CT molecular complexity index is 861. The van der Waals surface area contributed by atoms with Crippen molar-refractivity contribution in [3.63, 3.8) is 0 Å². The average Bonchev–Trinajstić information content (AvgIpc) is 2.99. The van der Waals surface area contributed by atoms with Crippen LogP contribution in [0.5, 0.6) is 5.88 Å². The largest absolute Gasteiger partial charge is 0.481 e. The molecule has 3 heterocycles. The summed E-state index contributed by atoms with van der Waals surface area (Å²) in [5.41, 5.74) is 6.89. The molecule has 0 amide bonds. The number of fused-ring (bicyclic) bond motifs is 2. The van der Waals surface area contributed by atoms with Crippen molar-refractivity contribution in [2.75, 3.05) is 20.2 Å². The van der Waals surface area contributed by atoms with Crippen molar-refractivity contribution in [2.45, 2.75) is 25.8 Å². The number of ether oxygens (including phenoxy) is 1. The zero-order valence-electron chi connectivity index (χ0n) is 14.0. The Morgan fingerprint density at radius 2 is 2.04 bits per heavy atom. The van der Waals surface area contributed by atoms with Crippen molar-refractivity contribution in [1.29, 1.82) is 0 Å². The van der Waals surface area contributed by atoms with E-state index in [-0.39, 0.29) is 0 Å². The van der Waals surface area contributed by atoms with E-state index in [1.54, 1.807) is 18.4 Å². The highest BCUT2D eigenvalue weighted by molar-refractivity contribution is 7.16. The third kappa shape index (κ3) is 2.89. The molecular formula is C19H21N3OS. The second-order valence-electron chi connectivity index (χ2n) is 6.25. The van der Waals surface area contributed by atoms with Gasteiger partial charge in [-0.3, -0.25) is 4.90 Å². The molecule has 0 N–H and O–H groups in total. The molecule has 0 aliphatic carbocycles. The van der Waals surface area contributed by atoms with Crippen LogP contribution in [0.15, 0.2) is 35.8 Å². The van der Waals surface area contributed by atoms with Gasteiger partial charge in [0.15, 0.2) is 0 Å². The fraction of sp³-hybridized carbons (Fsp3) is 0.368. The minimum absolute atomic E-state index is 0.382. The molecular weight excluding hydrogens is 318 g/mol. The van der Waals surface area contributed by atoms with Gasteiger partial charge in [0.25, 0.3) is 0 Å². The SMILES string of the molecule is COc1ccc2c(n1)CCN([C@H](C)c1ccc3scnc3c1)CC2. The highest BCUT2D eigenvalue weighted by atomic mass is 32.1. The van der Waals surface area contributed by atoms with Crippen LogP contribution in [0.4, 0.5) is 0 Å². The van der Waals surface area contributed by atoms with Gasteiger partial charge in [-0.1, -0.05) is 12.1 Å². The Labute approximate surface area is 146 Å². The van der Waals surface area contributed by atoms with Crippen molar-refractivity contribution in [3.8, 4) is 5.88 Å². The van der Waals surface area contributed by atoms with Gasteiger partial charge in [0.2, 0.25) is 5.88 Å². The van der Waals surface area contributed by atoms with Crippen molar-refractivity contribution in [3.05, 3.63) is 52.7 Å². The van der Waals surface area contributed by atoms with Crippen LogP contribution in [-0.4, -0.2) is 35.1 Å². The molecule has 1 aliphatic rings. The minimum Gasteiger partial charge on any atom is -0.481 e. The molecule has 5 heteroatoms. The summed E-state index contributed by atoms with van der Waals surface area (Å²) in [5.74, 6) is 0.712. The van der Waals surface area contributed by atoms with E-state index >= 15 is 0 Å². The van der Waals surface area contributed by atoms with Crippen molar-refractivity contribution >= 4 is 21.6 Å². The first-order valence-corrected chi connectivity index (χ1v) is 9.22. The molecule has 4 rings (SSSR count). The Balaban J connectivity index is 1.54. The van der Waals surface area contributed by atoms with Gasteiger partial charge in [-0.2, -0.15) is 0 Å². The fourth-order valence-electron chi connectivity index (χ4n) is 3.43. The minimum atomic E-state index is 0.382. The van der Waals surface area contributed by atoms with Crippen LogP contribution in [0, 0.1) is 0 Å². The summed E-state index contributed by atoms with van der Waals surface area (Å²) in [6.45, 7) is 4.36. The Morgan fingerprint density at radius 3 is 2.92 bits per heavy atom. The third-order valence-electron chi connectivity index (χ3n) is 4.94. The van der Waals surface area contributed by atoms with Crippen molar-refractivity contribution < 1.29 is 4.74 Å². The molecule has 3 aromatic rings. The van der Waals surface area contributed by atoms with E-state index in [0.717, 1.165) is 31.4 Å². The number of hydrogen-bond donors (Lipinski definition) is 0. The normalized spacial score (nSPS) is 16.6. The number of benzene rings is 1. The van der Waals surface area contributed by atoms with E-state index in [1.807, 2.05) is 11.6 Å². The van der Waals surface area contributed by atoms with Crippen molar-refractivity contribution in [1.82, 2.24) is 14.9 Å². The van der Waals surface area contributed by atoms with Gasteiger partial charge in [-0.15, -0.1) is 11.3 Å². The van der Waals surface area contributed by atoms with Crippen LogP contribution in [0.25, 0.3) is 10.2 Å². The molecule has 1 atom stereocenters. The Hall–Kier alpha value is -1.98. The second-order valence-corrected chi connectivity index (χ2v) is 7.14. The van der Waals surface area contributed by atoms with Gasteiger partial charge >= 0.3 is 0 Å². The topological polar surface area (TPSA) is 38.2 Å². The summed E-state index contributed by atoms with van der Waals surface area (Å²) in [6.07, 6.45) is 2.01. The number of rotatable bonds is 3. The Kier molecular flexibility index (Phi) is 4.21. The number of nitrogens with zero attached hydrogens (tertiary/aromatic N) is 3. The molecule has 0 radical (unpaired) electrons. The lowest BCUT2D eigenvalue weighted by molar-refractivity contribution is 0.221. The summed E-state index contributed by atoms with van der Waals surface area (Å²) < 4.78 is 6.52. The standard InChI is InChI=1S/C19H21N3OS/c1-13(15-3-5-18-17(11-15)20-12-24-18)22-9-7-14-4-6-19(23-2)21-16(14)8-10-22/h3-6,11-13H,7-10H2,1-2H3/t13-/m1/s1. The smallest absolute Gasteiger partial charge is 0.213 e. The summed E-state index contributed by atoms with van der Waals surface area (Å²) >= 11 is 1.70. The van der Waals surface area contributed by atoms with Gasteiger partial charge in [0.05, 0.1) is 22.8 Å². The lowest BCUT2D eigenvalue weighted by atomic mass is 10.1. The first-order chi connectivity index (χ1) is 11.7. The van der Waals surface area contributed by atoms with Gasteiger partial charge < -0.3 is 4.74 Å². The molecule has 4 nitrogen and oxygen atoms in total. The number of thiazole rings is 1. The maximum absolute atomic E-state index is 5.27. The summed E-state index contributed by atoms with van der Waals surface area (Å²) in [5, 5.41) is 0. The number of methoxy groups -OCH3 is 1. The van der Waals surface area contributed by atoms with Crippen LogP contribution in [0.3, 0.4) is 0 Å². The molecule has 24 heavy (non-hydrogen) atoms. The first-order valence-electron chi connectivity index (χ1n) is 8.34. The van der Waals surface area contributed by atoms with Crippen molar-refractivity contribution in [2.24, 2.45) is 0 Å². The van der Waals surface area contributed by atoms with Crippen LogP contribution >= 0.6 is 11.3 Å². The zero-order chi connectivity index (χ0) is 16.5. The monoisotopic (exact) mass is 339 g/mol. The van der Waals surface area contributed by atoms with E-state index in [4.69, 9.17) is 4.74 Å². The molecule has 0 saturated carbocycles. The molecule has 0 saturated heterocycles. The molecule has 1 aliphatic heterocycles. The maximum Gasteiger partial charge on any atom is 0.213 e. The van der Waals surface area contributed by atoms with E-state index in [1.165, 1.54) is 21.5 Å². The second kappa shape index (κ2) is 6.49. The lowest BCUT2D eigenvalue weighted by Gasteiger charge is -2.27. The van der Waals surface area contributed by atoms with Crippen LogP contribution < -0.4 is 4.74 Å². The third-order valence-corrected chi connectivity index (χ3v) is 5.75. The predicted molar refractivity (Wildman–Crippen MR) is 97.8 cm³/mol. The highest BCUT2D eigenvalue weighted by Crippen LogP contribution is 2.28. The van der Waals surface area contributed by atoms with Gasteiger partial charge in [-0.05, 0) is 36.6 Å². The zero-order valence-corrected chi connectivity index (χ0v) is 14.8. The van der Waals surface area contributed by atoms with Gasteiger partial charge in [0.1, 0.15) is 0 Å². The first kappa shape index (κ1) is 15.5. The molecule has 1 aromatic carbocycles. The van der Waals surface area contributed by atoms with Crippen LogP contribution in [0.2, 0.25) is 0 Å². The number of hydrogen-bond acceptors (Lipinski definition) is 5. The average molecular weight is 339 g/mol. The molecule has 0 fully saturated rings. The predicted octanol–water partition coefficient (Wildman–Crippen LogP) is 3.86. The Morgan fingerprint density at radius 1 is 1.17 bits per heavy atom. The quantitative estimate of drug-likeness (QED) is 0.726.